The van der Waals surface area contributed by atoms with E-state index in [0.29, 0.717) is 11.1 Å². The van der Waals surface area contributed by atoms with Gasteiger partial charge < -0.3 is 5.11 Å². The summed E-state index contributed by atoms with van der Waals surface area (Å²) >= 11 is 0. The monoisotopic (exact) mass is 178 g/mol. The van der Waals surface area contributed by atoms with Crippen LogP contribution in [0.1, 0.15) is 11.1 Å². The molecule has 4 nitrogen and oxygen atoms in total. The van der Waals surface area contributed by atoms with E-state index in [9.17, 15) is 10.1 Å². The summed E-state index contributed by atoms with van der Waals surface area (Å²) in [6.07, 6.45) is 1.35. The molecule has 0 saturated carbocycles. The smallest absolute Gasteiger partial charge is 0.276 e. The van der Waals surface area contributed by atoms with Crippen LogP contribution in [0.15, 0.2) is 24.8 Å². The van der Waals surface area contributed by atoms with Gasteiger partial charge in [-0.3, -0.25) is 10.1 Å². The Labute approximate surface area is 75.3 Å². The quantitative estimate of drug-likeness (QED) is 0.569. The molecule has 0 bridgehead atoms. The lowest BCUT2D eigenvalue weighted by Crippen LogP contribution is -1.95. The molecule has 0 spiro atoms. The van der Waals surface area contributed by atoms with Gasteiger partial charge in [0.05, 0.1) is 10.5 Å². The van der Waals surface area contributed by atoms with Gasteiger partial charge in [-0.1, -0.05) is 24.8 Å². The highest BCUT2D eigenvalue weighted by molar-refractivity contribution is 5.64. The summed E-state index contributed by atoms with van der Waals surface area (Å²) in [6, 6.07) is 4.45. The third kappa shape index (κ3) is 1.73. The molecule has 13 heavy (non-hydrogen) atoms. The molecule has 67 valence electrons. The molecule has 1 N–H and O–H groups in total. The zero-order valence-corrected chi connectivity index (χ0v) is 6.80. The number of nitrogens with zero attached hydrogens (tertiary/aromatic N) is 1. The zero-order valence-electron chi connectivity index (χ0n) is 6.80. The van der Waals surface area contributed by atoms with Crippen molar-refractivity contribution in [3.05, 3.63) is 52.6 Å². The molecule has 1 aromatic rings. The summed E-state index contributed by atoms with van der Waals surface area (Å²) in [5, 5.41) is 19.3. The van der Waals surface area contributed by atoms with Gasteiger partial charge in [-0.2, -0.15) is 0 Å². The van der Waals surface area contributed by atoms with E-state index in [4.69, 9.17) is 5.11 Å². The van der Waals surface area contributed by atoms with Crippen molar-refractivity contribution in [3.63, 3.8) is 0 Å². The summed E-state index contributed by atoms with van der Waals surface area (Å²) in [5.74, 6) is 0. The molecule has 0 unspecified atom stereocenters. The SMILES string of the molecule is C=Cc1c([CH]O)cccc1[N+](=O)[O-]. The lowest BCUT2D eigenvalue weighted by atomic mass is 10.1. The highest BCUT2D eigenvalue weighted by Gasteiger charge is 2.13. The molecule has 0 aromatic heterocycles. The highest BCUT2D eigenvalue weighted by Crippen LogP contribution is 2.23. The number of hydrogen-bond donors (Lipinski definition) is 1. The predicted octanol–water partition coefficient (Wildman–Crippen LogP) is 2.12. The molecule has 0 amide bonds. The third-order valence-corrected chi connectivity index (χ3v) is 1.66. The number of nitro groups is 1. The van der Waals surface area contributed by atoms with E-state index in [1.54, 1.807) is 6.07 Å². The largest absolute Gasteiger partial charge is 0.385 e. The van der Waals surface area contributed by atoms with Crippen LogP contribution in [0.5, 0.6) is 0 Å². The van der Waals surface area contributed by atoms with E-state index in [0.717, 1.165) is 6.61 Å². The zero-order chi connectivity index (χ0) is 9.84. The summed E-state index contributed by atoms with van der Waals surface area (Å²) < 4.78 is 0. The second kappa shape index (κ2) is 3.82. The fourth-order valence-electron chi connectivity index (χ4n) is 1.06. The van der Waals surface area contributed by atoms with Crippen LogP contribution in [-0.4, -0.2) is 10.0 Å². The third-order valence-electron chi connectivity index (χ3n) is 1.66. The van der Waals surface area contributed by atoms with Crippen LogP contribution in [0.2, 0.25) is 0 Å². The Kier molecular flexibility index (Phi) is 2.76. The van der Waals surface area contributed by atoms with E-state index in [-0.39, 0.29) is 5.69 Å². The Hall–Kier alpha value is -1.68. The van der Waals surface area contributed by atoms with Crippen molar-refractivity contribution in [2.45, 2.75) is 0 Å². The van der Waals surface area contributed by atoms with Crippen molar-refractivity contribution >= 4 is 11.8 Å². The van der Waals surface area contributed by atoms with E-state index in [2.05, 4.69) is 6.58 Å². The molecule has 0 atom stereocenters. The first-order chi connectivity index (χ1) is 6.20. The van der Waals surface area contributed by atoms with Crippen LogP contribution >= 0.6 is 0 Å². The Morgan fingerprint density at radius 3 is 2.69 bits per heavy atom. The van der Waals surface area contributed by atoms with Crippen molar-refractivity contribution in [2.75, 3.05) is 0 Å². The van der Waals surface area contributed by atoms with Crippen LogP contribution in [0.3, 0.4) is 0 Å². The van der Waals surface area contributed by atoms with Crippen molar-refractivity contribution in [1.29, 1.82) is 0 Å². The lowest BCUT2D eigenvalue weighted by molar-refractivity contribution is -0.385. The first-order valence-corrected chi connectivity index (χ1v) is 3.58. The van der Waals surface area contributed by atoms with Gasteiger partial charge in [-0.15, -0.1) is 0 Å². The summed E-state index contributed by atoms with van der Waals surface area (Å²) in [5.41, 5.74) is 0.664. The fourth-order valence-corrected chi connectivity index (χ4v) is 1.06. The summed E-state index contributed by atoms with van der Waals surface area (Å²) in [4.78, 5) is 10.0. The number of nitro benzene ring substituents is 1. The molecule has 0 heterocycles. The molecule has 1 radical (unpaired) electrons. The van der Waals surface area contributed by atoms with Crippen LogP contribution in [0.25, 0.3) is 6.08 Å². The van der Waals surface area contributed by atoms with Gasteiger partial charge in [0.2, 0.25) is 0 Å². The van der Waals surface area contributed by atoms with E-state index < -0.39 is 4.92 Å². The Morgan fingerprint density at radius 2 is 2.23 bits per heavy atom. The van der Waals surface area contributed by atoms with Gasteiger partial charge in [0, 0.05) is 6.07 Å². The number of rotatable bonds is 3. The molecule has 1 aromatic carbocycles. The molecule has 4 heteroatoms. The average molecular weight is 178 g/mol. The van der Waals surface area contributed by atoms with E-state index in [1.807, 2.05) is 0 Å². The number of hydrogen-bond acceptors (Lipinski definition) is 3. The molecule has 0 aliphatic carbocycles. The Morgan fingerprint density at radius 1 is 1.54 bits per heavy atom. The van der Waals surface area contributed by atoms with Crippen LogP contribution in [0, 0.1) is 16.7 Å². The first-order valence-electron chi connectivity index (χ1n) is 3.58. The predicted molar refractivity (Wildman–Crippen MR) is 48.5 cm³/mol. The summed E-state index contributed by atoms with van der Waals surface area (Å²) in [7, 11) is 0. The molecule has 0 aliphatic heterocycles. The minimum absolute atomic E-state index is 0.0576. The van der Waals surface area contributed by atoms with E-state index in [1.165, 1.54) is 18.2 Å². The summed E-state index contributed by atoms with van der Waals surface area (Å²) in [6.45, 7) is 4.27. The van der Waals surface area contributed by atoms with Gasteiger partial charge in [0.25, 0.3) is 5.69 Å². The van der Waals surface area contributed by atoms with Crippen LogP contribution in [0.4, 0.5) is 5.69 Å². The van der Waals surface area contributed by atoms with Crippen molar-refractivity contribution in [1.82, 2.24) is 0 Å². The molecule has 0 aliphatic rings. The molecule has 0 fully saturated rings. The maximum atomic E-state index is 10.5. The molecule has 0 saturated heterocycles. The fraction of sp³-hybridized carbons (Fsp3) is 0. The number of benzene rings is 1. The van der Waals surface area contributed by atoms with Gasteiger partial charge in [0.15, 0.2) is 0 Å². The standard InChI is InChI=1S/C9H8NO3/c1-2-8-7(6-11)4-3-5-9(8)10(12)13/h2-6,11H,1H2. The minimum Gasteiger partial charge on any atom is -0.385 e. The minimum atomic E-state index is -0.510. The lowest BCUT2D eigenvalue weighted by Gasteiger charge is -2.01. The number of aliphatic hydroxyl groups is 1. The molecule has 1 rings (SSSR count). The van der Waals surface area contributed by atoms with Crippen LogP contribution in [-0.2, 0) is 0 Å². The van der Waals surface area contributed by atoms with Gasteiger partial charge in [0.1, 0.15) is 6.61 Å². The Bertz CT molecular complexity index is 347. The maximum Gasteiger partial charge on any atom is 0.276 e. The van der Waals surface area contributed by atoms with Crippen molar-refractivity contribution in [3.8, 4) is 0 Å². The topological polar surface area (TPSA) is 63.4 Å². The molecular formula is C9H8NO3. The highest BCUT2D eigenvalue weighted by atomic mass is 16.6. The van der Waals surface area contributed by atoms with Gasteiger partial charge in [-0.25, -0.2) is 0 Å². The van der Waals surface area contributed by atoms with Gasteiger partial charge >= 0.3 is 0 Å². The van der Waals surface area contributed by atoms with Crippen LogP contribution < -0.4 is 0 Å². The second-order valence-electron chi connectivity index (χ2n) is 2.37. The normalized spacial score (nSPS) is 9.62. The second-order valence-corrected chi connectivity index (χ2v) is 2.37. The Balaban J connectivity index is 3.35. The van der Waals surface area contributed by atoms with Gasteiger partial charge in [-0.05, 0) is 5.56 Å². The first kappa shape index (κ1) is 9.41. The average Bonchev–Trinajstić information content (AvgIpc) is 2.16. The number of aliphatic hydroxyl groups excluding tert-OH is 1. The van der Waals surface area contributed by atoms with E-state index >= 15 is 0 Å². The van der Waals surface area contributed by atoms with Crippen molar-refractivity contribution in [2.24, 2.45) is 0 Å². The maximum absolute atomic E-state index is 10.5. The molecular weight excluding hydrogens is 170 g/mol. The van der Waals surface area contributed by atoms with Crippen molar-refractivity contribution < 1.29 is 10.0 Å².